The van der Waals surface area contributed by atoms with Gasteiger partial charge in [0.25, 0.3) is 0 Å². The molecule has 1 unspecified atom stereocenters. The monoisotopic (exact) mass is 262 g/mol. The van der Waals surface area contributed by atoms with Gasteiger partial charge < -0.3 is 26.6 Å². The predicted octanol–water partition coefficient (Wildman–Crippen LogP) is -1.07. The first-order valence-electron chi connectivity index (χ1n) is 4.09. The third-order valence-corrected chi connectivity index (χ3v) is 1.62. The van der Waals surface area contributed by atoms with E-state index < -0.39 is 12.1 Å². The first-order chi connectivity index (χ1) is 5.18. The van der Waals surface area contributed by atoms with Gasteiger partial charge in [0.2, 0.25) is 0 Å². The number of aliphatic hydroxyl groups is 1. The van der Waals surface area contributed by atoms with Crippen LogP contribution in [0.4, 0.5) is 0 Å². The van der Waals surface area contributed by atoms with E-state index in [0.717, 1.165) is 25.7 Å². The Morgan fingerprint density at radius 2 is 1.60 bits per heavy atom. The number of carboxylic acid groups (broad SMARTS) is 1. The second-order valence-corrected chi connectivity index (χ2v) is 2.70. The zero-order valence-corrected chi connectivity index (χ0v) is 10.5. The number of carboxylic acids is 1. The van der Waals surface area contributed by atoms with Crippen molar-refractivity contribution in [1.82, 2.24) is 0 Å². The number of hydrogen-bond donors (Lipinski definition) is 2. The molecule has 0 fully saturated rings. The van der Waals surface area contributed by atoms with E-state index in [9.17, 15) is 4.79 Å². The fraction of sp³-hybridized carbons (Fsp3) is 0.875. The summed E-state index contributed by atoms with van der Waals surface area (Å²) in [6.45, 7) is 2.09. The Kier molecular flexibility index (Phi) is 38.4. The fourth-order valence-corrected chi connectivity index (χ4v) is 0.888. The van der Waals surface area contributed by atoms with Crippen molar-refractivity contribution in [2.45, 2.75) is 45.1 Å². The molecule has 0 heterocycles. The minimum absolute atomic E-state index is 0. The molecule has 0 spiro atoms. The van der Waals surface area contributed by atoms with Crippen LogP contribution in [0.1, 0.15) is 39.0 Å². The van der Waals surface area contributed by atoms with Gasteiger partial charge in [-0.05, 0) is 6.42 Å². The van der Waals surface area contributed by atoms with Gasteiger partial charge in [-0.15, -0.1) is 0 Å². The summed E-state index contributed by atoms with van der Waals surface area (Å²) in [5, 5.41) is 17.1. The molecule has 94 valence electrons. The smallest absolute Gasteiger partial charge is 0.332 e. The average Bonchev–Trinajstić information content (AvgIpc) is 1.97. The zero-order chi connectivity index (χ0) is 8.69. The van der Waals surface area contributed by atoms with Gasteiger partial charge in [0.05, 0.1) is 0 Å². The molecular weight excluding hydrogens is 240 g/mol. The van der Waals surface area contributed by atoms with Gasteiger partial charge in [-0.3, -0.25) is 0 Å². The van der Waals surface area contributed by atoms with Gasteiger partial charge in [0.15, 0.2) is 6.10 Å². The summed E-state index contributed by atoms with van der Waals surface area (Å²) in [6, 6.07) is 0. The number of rotatable bonds is 6. The Balaban J connectivity index is -0.0000000833. The SMILES string of the molecule is CCCCCCC(O)C(=O)O.O.O.O.[Ti]. The standard InChI is InChI=1S/C8H16O3.3H2O.Ti/c1-2-3-4-5-6-7(9)8(10)11;;;;/h7,9H,2-6H2,1H3,(H,10,11);3*1H2;. The third kappa shape index (κ3) is 20.2. The molecule has 8 N–H and O–H groups in total. The summed E-state index contributed by atoms with van der Waals surface area (Å²) in [5.74, 6) is -1.11. The molecule has 0 aliphatic heterocycles. The van der Waals surface area contributed by atoms with Crippen LogP contribution in [0.25, 0.3) is 0 Å². The summed E-state index contributed by atoms with van der Waals surface area (Å²) in [4.78, 5) is 10.1. The molecule has 0 bridgehead atoms. The van der Waals surface area contributed by atoms with Gasteiger partial charge in [0.1, 0.15) is 0 Å². The van der Waals surface area contributed by atoms with E-state index in [0.29, 0.717) is 6.42 Å². The molecule has 0 aliphatic carbocycles. The Morgan fingerprint density at radius 3 is 1.93 bits per heavy atom. The Hall–Kier alpha value is 0.0243. The van der Waals surface area contributed by atoms with Gasteiger partial charge in [-0.2, -0.15) is 0 Å². The van der Waals surface area contributed by atoms with Crippen LogP contribution < -0.4 is 0 Å². The predicted molar refractivity (Wildman–Crippen MR) is 53.2 cm³/mol. The van der Waals surface area contributed by atoms with Crippen molar-refractivity contribution in [2.24, 2.45) is 0 Å². The van der Waals surface area contributed by atoms with E-state index in [1.165, 1.54) is 0 Å². The van der Waals surface area contributed by atoms with Crippen LogP contribution in [-0.4, -0.2) is 38.7 Å². The van der Waals surface area contributed by atoms with E-state index in [1.54, 1.807) is 0 Å². The minimum atomic E-state index is -1.16. The number of unbranched alkanes of at least 4 members (excludes halogenated alkanes) is 3. The largest absolute Gasteiger partial charge is 0.479 e. The van der Waals surface area contributed by atoms with Gasteiger partial charge in [-0.1, -0.05) is 32.6 Å². The Morgan fingerprint density at radius 1 is 1.13 bits per heavy atom. The average molecular weight is 262 g/mol. The molecule has 0 saturated carbocycles. The van der Waals surface area contributed by atoms with Crippen molar-refractivity contribution in [3.63, 3.8) is 0 Å². The molecule has 0 aromatic rings. The molecule has 0 aliphatic rings. The van der Waals surface area contributed by atoms with Crippen molar-refractivity contribution in [2.75, 3.05) is 0 Å². The van der Waals surface area contributed by atoms with Crippen molar-refractivity contribution in [3.05, 3.63) is 0 Å². The number of aliphatic hydroxyl groups excluding tert-OH is 1. The molecule has 0 aromatic heterocycles. The Labute approximate surface area is 104 Å². The molecule has 0 radical (unpaired) electrons. The maximum Gasteiger partial charge on any atom is 0.332 e. The van der Waals surface area contributed by atoms with Crippen molar-refractivity contribution in [1.29, 1.82) is 0 Å². The van der Waals surface area contributed by atoms with Crippen LogP contribution in [0.3, 0.4) is 0 Å². The van der Waals surface area contributed by atoms with E-state index >= 15 is 0 Å². The van der Waals surface area contributed by atoms with E-state index in [4.69, 9.17) is 10.2 Å². The third-order valence-electron chi connectivity index (χ3n) is 1.62. The second kappa shape index (κ2) is 19.6. The summed E-state index contributed by atoms with van der Waals surface area (Å²) >= 11 is 0. The molecule has 0 saturated heterocycles. The molecule has 1 atom stereocenters. The van der Waals surface area contributed by atoms with Crippen LogP contribution in [0.15, 0.2) is 0 Å². The maximum atomic E-state index is 10.1. The summed E-state index contributed by atoms with van der Waals surface area (Å²) in [6.07, 6.45) is 3.29. The number of carbonyl (C=O) groups is 1. The summed E-state index contributed by atoms with van der Waals surface area (Å²) in [5.41, 5.74) is 0. The Bertz CT molecular complexity index is 122. The number of aliphatic carboxylic acids is 1. The fourth-order valence-electron chi connectivity index (χ4n) is 0.888. The van der Waals surface area contributed by atoms with Crippen LogP contribution >= 0.6 is 0 Å². The van der Waals surface area contributed by atoms with Crippen LogP contribution in [0.2, 0.25) is 0 Å². The van der Waals surface area contributed by atoms with Crippen LogP contribution in [-0.2, 0) is 26.5 Å². The molecule has 15 heavy (non-hydrogen) atoms. The van der Waals surface area contributed by atoms with Crippen molar-refractivity contribution >= 4 is 5.97 Å². The molecule has 6 nitrogen and oxygen atoms in total. The normalized spacial score (nSPS) is 9.47. The molecule has 0 amide bonds. The quantitative estimate of drug-likeness (QED) is 0.462. The van der Waals surface area contributed by atoms with Gasteiger partial charge in [0, 0.05) is 21.7 Å². The molecule has 0 aromatic carbocycles. The molecule has 7 heteroatoms. The van der Waals surface area contributed by atoms with E-state index in [1.807, 2.05) is 0 Å². The van der Waals surface area contributed by atoms with Crippen molar-refractivity contribution < 1.29 is 53.2 Å². The maximum absolute atomic E-state index is 10.1. The van der Waals surface area contributed by atoms with Crippen LogP contribution in [0, 0.1) is 0 Å². The van der Waals surface area contributed by atoms with Gasteiger partial charge >= 0.3 is 5.97 Å². The zero-order valence-electron chi connectivity index (χ0n) is 8.92. The summed E-state index contributed by atoms with van der Waals surface area (Å²) in [7, 11) is 0. The molecule has 0 rings (SSSR count). The van der Waals surface area contributed by atoms with Gasteiger partial charge in [-0.25, -0.2) is 4.79 Å². The first kappa shape index (κ1) is 29.4. The topological polar surface area (TPSA) is 152 Å². The van der Waals surface area contributed by atoms with E-state index in [-0.39, 0.29) is 38.1 Å². The van der Waals surface area contributed by atoms with Crippen molar-refractivity contribution in [3.8, 4) is 0 Å². The first-order valence-corrected chi connectivity index (χ1v) is 4.09. The molecular formula is C8H22O6Ti. The minimum Gasteiger partial charge on any atom is -0.479 e. The van der Waals surface area contributed by atoms with E-state index in [2.05, 4.69) is 6.92 Å². The van der Waals surface area contributed by atoms with Crippen LogP contribution in [0.5, 0.6) is 0 Å². The summed E-state index contributed by atoms with van der Waals surface area (Å²) < 4.78 is 0. The second-order valence-electron chi connectivity index (χ2n) is 2.70. The number of hydrogen-bond acceptors (Lipinski definition) is 2.